The Labute approximate surface area is 177 Å². The molecule has 0 radical (unpaired) electrons. The molecule has 2 aromatic carbocycles. The van der Waals surface area contributed by atoms with Crippen molar-refractivity contribution < 1.29 is 18.7 Å². The molecule has 30 heavy (non-hydrogen) atoms. The minimum Gasteiger partial charge on any atom is -0.493 e. The molecule has 2 aromatic heterocycles. The van der Waals surface area contributed by atoms with Crippen LogP contribution < -0.4 is 9.47 Å². The Morgan fingerprint density at radius 1 is 1.13 bits per heavy atom. The summed E-state index contributed by atoms with van der Waals surface area (Å²) in [7, 11) is 1.49. The number of ether oxygens (including phenoxy) is 2. The number of aromatic amines is 1. The van der Waals surface area contributed by atoms with Crippen LogP contribution in [-0.2, 0) is 0 Å². The molecule has 0 aliphatic rings. The van der Waals surface area contributed by atoms with Crippen LogP contribution in [-0.4, -0.2) is 29.0 Å². The first-order chi connectivity index (χ1) is 14.6. The number of benzene rings is 2. The van der Waals surface area contributed by atoms with Crippen LogP contribution in [0.5, 0.6) is 11.5 Å². The van der Waals surface area contributed by atoms with Gasteiger partial charge in [0.2, 0.25) is 5.76 Å². The highest BCUT2D eigenvalue weighted by molar-refractivity contribution is 7.71. The summed E-state index contributed by atoms with van der Waals surface area (Å²) in [5.41, 5.74) is 2.63. The molecular weight excluding hydrogens is 402 g/mol. The summed E-state index contributed by atoms with van der Waals surface area (Å²) in [5.74, 6) is 0.174. The lowest BCUT2D eigenvalue weighted by Crippen LogP contribution is -2.08. The highest BCUT2D eigenvalue weighted by Crippen LogP contribution is 2.28. The first-order valence-electron chi connectivity index (χ1n) is 8.99. The van der Waals surface area contributed by atoms with Crippen LogP contribution in [0.15, 0.2) is 82.6 Å². The van der Waals surface area contributed by atoms with Crippen molar-refractivity contribution in [2.75, 3.05) is 7.11 Å². The van der Waals surface area contributed by atoms with E-state index in [0.717, 1.165) is 16.8 Å². The molecule has 0 atom stereocenters. The minimum absolute atomic E-state index is 0.110. The molecule has 8 heteroatoms. The molecule has 0 aliphatic heterocycles. The summed E-state index contributed by atoms with van der Waals surface area (Å²) in [6, 6.07) is 18.1. The van der Waals surface area contributed by atoms with Crippen molar-refractivity contribution in [3.63, 3.8) is 0 Å². The number of imidazole rings is 1. The summed E-state index contributed by atoms with van der Waals surface area (Å²) < 4.78 is 17.8. The lowest BCUT2D eigenvalue weighted by molar-refractivity contribution is 0.0696. The van der Waals surface area contributed by atoms with Crippen molar-refractivity contribution in [1.82, 2.24) is 9.66 Å². The maximum atomic E-state index is 12.1. The number of H-pyrrole nitrogens is 1. The van der Waals surface area contributed by atoms with Gasteiger partial charge in [-0.3, -0.25) is 0 Å². The third-order valence-electron chi connectivity index (χ3n) is 4.23. The Balaban J connectivity index is 1.54. The van der Waals surface area contributed by atoms with Crippen molar-refractivity contribution in [3.8, 4) is 22.8 Å². The Hall–Kier alpha value is -3.91. The van der Waals surface area contributed by atoms with Crippen molar-refractivity contribution >= 4 is 24.4 Å². The second-order valence-corrected chi connectivity index (χ2v) is 6.59. The summed E-state index contributed by atoms with van der Waals surface area (Å²) in [6.45, 7) is 0. The largest absolute Gasteiger partial charge is 0.493 e. The van der Waals surface area contributed by atoms with Gasteiger partial charge in [-0.15, -0.1) is 0 Å². The standard InChI is InChI=1S/C22H17N3O4S/c1-27-20-12-15(9-10-18(20)29-21(26)19-8-5-11-28-19)13-23-25-14-17(24-22(25)30)16-6-3-2-4-7-16/h2-14H,1H3,(H,24,30). The Bertz CT molecular complexity index is 1240. The molecule has 0 spiro atoms. The van der Waals surface area contributed by atoms with Gasteiger partial charge in [0.15, 0.2) is 16.3 Å². The molecule has 0 aliphatic carbocycles. The highest BCUT2D eigenvalue weighted by atomic mass is 32.1. The summed E-state index contributed by atoms with van der Waals surface area (Å²) in [4.78, 5) is 15.2. The van der Waals surface area contributed by atoms with E-state index < -0.39 is 5.97 Å². The van der Waals surface area contributed by atoms with Gasteiger partial charge in [-0.05, 0) is 53.7 Å². The van der Waals surface area contributed by atoms with Gasteiger partial charge < -0.3 is 18.9 Å². The summed E-state index contributed by atoms with van der Waals surface area (Å²) in [5, 5.41) is 4.41. The van der Waals surface area contributed by atoms with E-state index in [1.807, 2.05) is 36.5 Å². The molecule has 0 saturated carbocycles. The van der Waals surface area contributed by atoms with Crippen molar-refractivity contribution in [2.24, 2.45) is 5.10 Å². The van der Waals surface area contributed by atoms with Crippen molar-refractivity contribution in [3.05, 3.63) is 89.2 Å². The zero-order valence-corrected chi connectivity index (χ0v) is 16.8. The molecule has 4 rings (SSSR count). The van der Waals surface area contributed by atoms with Crippen LogP contribution in [0, 0.1) is 4.77 Å². The van der Waals surface area contributed by atoms with Gasteiger partial charge in [0.05, 0.1) is 31.5 Å². The van der Waals surface area contributed by atoms with Gasteiger partial charge in [-0.25, -0.2) is 9.47 Å². The van der Waals surface area contributed by atoms with Gasteiger partial charge in [-0.1, -0.05) is 30.3 Å². The second kappa shape index (κ2) is 8.62. The average Bonchev–Trinajstić information content (AvgIpc) is 3.44. The van der Waals surface area contributed by atoms with Gasteiger partial charge in [0.25, 0.3) is 0 Å². The fraction of sp³-hybridized carbons (Fsp3) is 0.0455. The minimum atomic E-state index is -0.605. The number of carbonyl (C=O) groups is 1. The zero-order valence-electron chi connectivity index (χ0n) is 15.9. The number of hydrogen-bond acceptors (Lipinski definition) is 6. The first kappa shape index (κ1) is 19.4. The van der Waals surface area contributed by atoms with Gasteiger partial charge >= 0.3 is 5.97 Å². The number of nitrogens with zero attached hydrogens (tertiary/aromatic N) is 2. The normalized spacial score (nSPS) is 11.0. The van der Waals surface area contributed by atoms with E-state index in [0.29, 0.717) is 10.5 Å². The summed E-state index contributed by atoms with van der Waals surface area (Å²) >= 11 is 5.35. The molecule has 1 N–H and O–H groups in total. The molecule has 4 aromatic rings. The lowest BCUT2D eigenvalue weighted by Gasteiger charge is -2.08. The van der Waals surface area contributed by atoms with Gasteiger partial charge in [0.1, 0.15) is 0 Å². The highest BCUT2D eigenvalue weighted by Gasteiger charge is 2.14. The third kappa shape index (κ3) is 4.23. The second-order valence-electron chi connectivity index (χ2n) is 6.21. The molecule has 0 fully saturated rings. The van der Waals surface area contributed by atoms with E-state index in [1.54, 1.807) is 35.2 Å². The van der Waals surface area contributed by atoms with Crippen molar-refractivity contribution in [1.29, 1.82) is 0 Å². The topological polar surface area (TPSA) is 81.8 Å². The molecule has 2 heterocycles. The van der Waals surface area contributed by atoms with Crippen molar-refractivity contribution in [2.45, 2.75) is 0 Å². The third-order valence-corrected chi connectivity index (χ3v) is 4.52. The number of furan rings is 1. The number of rotatable bonds is 6. The molecule has 0 amide bonds. The monoisotopic (exact) mass is 419 g/mol. The number of nitrogens with one attached hydrogen (secondary N) is 1. The molecule has 150 valence electrons. The van der Waals surface area contributed by atoms with Gasteiger partial charge in [0, 0.05) is 0 Å². The molecular formula is C22H17N3O4S. The van der Waals surface area contributed by atoms with Gasteiger partial charge in [-0.2, -0.15) is 5.10 Å². The number of hydrogen-bond donors (Lipinski definition) is 1. The van der Waals surface area contributed by atoms with E-state index in [4.69, 9.17) is 26.1 Å². The SMILES string of the molecule is COc1cc(C=Nn2cc(-c3ccccc3)[nH]c2=S)ccc1OC(=O)c1ccco1. The van der Waals surface area contributed by atoms with E-state index in [1.165, 1.54) is 19.4 Å². The van der Waals surface area contributed by atoms with Crippen LogP contribution >= 0.6 is 12.2 Å². The quantitative estimate of drug-likeness (QED) is 0.208. The smallest absolute Gasteiger partial charge is 0.379 e. The average molecular weight is 419 g/mol. The van der Waals surface area contributed by atoms with E-state index in [9.17, 15) is 4.79 Å². The van der Waals surface area contributed by atoms with Crippen LogP contribution in [0.4, 0.5) is 0 Å². The number of carbonyl (C=O) groups excluding carboxylic acids is 1. The van der Waals surface area contributed by atoms with E-state index >= 15 is 0 Å². The van der Waals surface area contributed by atoms with E-state index in [-0.39, 0.29) is 11.5 Å². The maximum absolute atomic E-state index is 12.1. The predicted octanol–water partition coefficient (Wildman–Crippen LogP) is 4.92. The molecule has 7 nitrogen and oxygen atoms in total. The fourth-order valence-electron chi connectivity index (χ4n) is 2.76. The number of aromatic nitrogens is 2. The Morgan fingerprint density at radius 3 is 2.70 bits per heavy atom. The van der Waals surface area contributed by atoms with Crippen LogP contribution in [0.25, 0.3) is 11.3 Å². The number of methoxy groups -OCH3 is 1. The van der Waals surface area contributed by atoms with E-state index in [2.05, 4.69) is 10.1 Å². The fourth-order valence-corrected chi connectivity index (χ4v) is 2.97. The zero-order chi connectivity index (χ0) is 20.9. The van der Waals surface area contributed by atoms with Crippen LogP contribution in [0.1, 0.15) is 16.1 Å². The molecule has 0 bridgehead atoms. The maximum Gasteiger partial charge on any atom is 0.379 e. The summed E-state index contributed by atoms with van der Waals surface area (Å²) in [6.07, 6.45) is 4.87. The molecule has 0 unspecified atom stereocenters. The Morgan fingerprint density at radius 2 is 1.97 bits per heavy atom. The lowest BCUT2D eigenvalue weighted by atomic mass is 10.2. The Kier molecular flexibility index (Phi) is 5.58. The molecule has 0 saturated heterocycles. The predicted molar refractivity (Wildman–Crippen MR) is 115 cm³/mol. The number of esters is 1. The van der Waals surface area contributed by atoms with Crippen LogP contribution in [0.2, 0.25) is 0 Å². The van der Waals surface area contributed by atoms with Crippen LogP contribution in [0.3, 0.4) is 0 Å². The first-order valence-corrected chi connectivity index (χ1v) is 9.40.